The second kappa shape index (κ2) is 5.06. The highest BCUT2D eigenvalue weighted by Crippen LogP contribution is 2.29. The molecule has 0 aliphatic carbocycles. The molecule has 0 fully saturated rings. The first-order chi connectivity index (χ1) is 9.70. The van der Waals surface area contributed by atoms with Gasteiger partial charge in [0, 0.05) is 42.2 Å². The van der Waals surface area contributed by atoms with Crippen LogP contribution in [0.4, 0.5) is 0 Å². The number of rotatable bonds is 3. The van der Waals surface area contributed by atoms with Gasteiger partial charge in [0.2, 0.25) is 0 Å². The van der Waals surface area contributed by atoms with Gasteiger partial charge in [-0.2, -0.15) is 5.10 Å². The van der Waals surface area contributed by atoms with Gasteiger partial charge < -0.3 is 5.11 Å². The van der Waals surface area contributed by atoms with Gasteiger partial charge in [-0.1, -0.05) is 31.2 Å². The molecule has 4 heteroatoms. The molecule has 20 heavy (non-hydrogen) atoms. The Morgan fingerprint density at radius 2 is 2.00 bits per heavy atom. The van der Waals surface area contributed by atoms with Crippen molar-refractivity contribution in [1.82, 2.24) is 14.8 Å². The average molecular weight is 267 g/mol. The molecule has 0 spiro atoms. The lowest BCUT2D eigenvalue weighted by molar-refractivity contribution is 0.220. The van der Waals surface area contributed by atoms with Crippen molar-refractivity contribution in [3.8, 4) is 0 Å². The molecule has 0 amide bonds. The van der Waals surface area contributed by atoms with Crippen molar-refractivity contribution in [2.75, 3.05) is 0 Å². The van der Waals surface area contributed by atoms with E-state index in [0.29, 0.717) is 0 Å². The summed E-state index contributed by atoms with van der Waals surface area (Å²) >= 11 is 0. The van der Waals surface area contributed by atoms with E-state index in [1.165, 1.54) is 0 Å². The second-order valence-electron chi connectivity index (χ2n) is 4.91. The highest BCUT2D eigenvalue weighted by Gasteiger charge is 2.19. The van der Waals surface area contributed by atoms with Crippen LogP contribution < -0.4 is 0 Å². The third-order valence-corrected chi connectivity index (χ3v) is 3.56. The predicted molar refractivity (Wildman–Crippen MR) is 78.4 cm³/mol. The summed E-state index contributed by atoms with van der Waals surface area (Å²) in [4.78, 5) is 4.23. The number of aromatic nitrogens is 3. The Morgan fingerprint density at radius 1 is 1.20 bits per heavy atom. The number of nitrogens with zero attached hydrogens (tertiary/aromatic N) is 3. The van der Waals surface area contributed by atoms with E-state index in [1.807, 2.05) is 50.6 Å². The maximum atomic E-state index is 10.7. The van der Waals surface area contributed by atoms with E-state index < -0.39 is 6.10 Å². The van der Waals surface area contributed by atoms with Gasteiger partial charge in [0.05, 0.1) is 5.69 Å². The zero-order chi connectivity index (χ0) is 14.1. The number of aryl methyl sites for hydroxylation is 2. The second-order valence-corrected chi connectivity index (χ2v) is 4.91. The van der Waals surface area contributed by atoms with Crippen LogP contribution >= 0.6 is 0 Å². The first-order valence-electron chi connectivity index (χ1n) is 6.74. The van der Waals surface area contributed by atoms with Crippen molar-refractivity contribution >= 4 is 10.8 Å². The van der Waals surface area contributed by atoms with Crippen LogP contribution in [0.2, 0.25) is 0 Å². The standard InChI is InChI=1S/C16H17N3O/c1-3-15-14(10-19(2)18-15)16(20)13-9-17-8-11-6-4-5-7-12(11)13/h4-10,16,20H,3H2,1-2H3. The lowest BCUT2D eigenvalue weighted by Gasteiger charge is -2.13. The SMILES string of the molecule is CCc1nn(C)cc1C(O)c1cncc2ccccc12. The van der Waals surface area contributed by atoms with E-state index in [0.717, 1.165) is 34.0 Å². The fraction of sp³-hybridized carbons (Fsp3) is 0.250. The molecule has 1 aromatic carbocycles. The fourth-order valence-electron chi connectivity index (χ4n) is 2.58. The predicted octanol–water partition coefficient (Wildman–Crippen LogP) is 2.61. The summed E-state index contributed by atoms with van der Waals surface area (Å²) < 4.78 is 1.75. The summed E-state index contributed by atoms with van der Waals surface area (Å²) in [6, 6.07) is 7.96. The van der Waals surface area contributed by atoms with Crippen LogP contribution in [0.1, 0.15) is 29.8 Å². The van der Waals surface area contributed by atoms with Crippen molar-refractivity contribution < 1.29 is 5.11 Å². The molecule has 0 aliphatic heterocycles. The molecule has 0 saturated carbocycles. The molecule has 1 atom stereocenters. The third-order valence-electron chi connectivity index (χ3n) is 3.56. The van der Waals surface area contributed by atoms with Gasteiger partial charge in [-0.3, -0.25) is 9.67 Å². The Hall–Kier alpha value is -2.20. The Kier molecular flexibility index (Phi) is 3.24. The normalized spacial score (nSPS) is 12.8. The van der Waals surface area contributed by atoms with Gasteiger partial charge >= 0.3 is 0 Å². The summed E-state index contributed by atoms with van der Waals surface area (Å²) in [5, 5.41) is 17.2. The fourth-order valence-corrected chi connectivity index (χ4v) is 2.58. The molecule has 1 N–H and O–H groups in total. The smallest absolute Gasteiger partial charge is 0.109 e. The zero-order valence-electron chi connectivity index (χ0n) is 11.6. The number of hydrogen-bond donors (Lipinski definition) is 1. The monoisotopic (exact) mass is 267 g/mol. The lowest BCUT2D eigenvalue weighted by Crippen LogP contribution is -2.03. The molecule has 1 unspecified atom stereocenters. The van der Waals surface area contributed by atoms with Gasteiger partial charge in [-0.25, -0.2) is 0 Å². The number of pyridine rings is 1. The molecule has 4 nitrogen and oxygen atoms in total. The van der Waals surface area contributed by atoms with Crippen molar-refractivity contribution in [3.05, 3.63) is 59.7 Å². The minimum absolute atomic E-state index is 0.697. The Labute approximate surface area is 117 Å². The molecule has 2 aromatic heterocycles. The quantitative estimate of drug-likeness (QED) is 0.793. The minimum atomic E-state index is -0.697. The number of aliphatic hydroxyl groups is 1. The van der Waals surface area contributed by atoms with Crippen LogP contribution in [0.25, 0.3) is 10.8 Å². The Bertz CT molecular complexity index is 743. The van der Waals surface area contributed by atoms with Crippen LogP contribution in [-0.4, -0.2) is 19.9 Å². The number of fused-ring (bicyclic) bond motifs is 1. The topological polar surface area (TPSA) is 50.9 Å². The first-order valence-corrected chi connectivity index (χ1v) is 6.74. The van der Waals surface area contributed by atoms with Gasteiger partial charge in [0.25, 0.3) is 0 Å². The van der Waals surface area contributed by atoms with Crippen LogP contribution in [0, 0.1) is 0 Å². The van der Waals surface area contributed by atoms with E-state index >= 15 is 0 Å². The largest absolute Gasteiger partial charge is 0.383 e. The summed E-state index contributed by atoms with van der Waals surface area (Å²) in [7, 11) is 1.87. The molecular weight excluding hydrogens is 250 g/mol. The summed E-state index contributed by atoms with van der Waals surface area (Å²) in [5.41, 5.74) is 2.60. The number of hydrogen-bond acceptors (Lipinski definition) is 3. The molecule has 2 heterocycles. The lowest BCUT2D eigenvalue weighted by atomic mass is 9.98. The Balaban J connectivity index is 2.15. The van der Waals surface area contributed by atoms with Crippen LogP contribution in [0.3, 0.4) is 0 Å². The minimum Gasteiger partial charge on any atom is -0.383 e. The molecule has 3 aromatic rings. The van der Waals surface area contributed by atoms with Crippen molar-refractivity contribution in [2.24, 2.45) is 7.05 Å². The summed E-state index contributed by atoms with van der Waals surface area (Å²) in [5.74, 6) is 0. The number of benzene rings is 1. The maximum Gasteiger partial charge on any atom is 0.109 e. The van der Waals surface area contributed by atoms with Crippen molar-refractivity contribution in [1.29, 1.82) is 0 Å². The summed E-state index contributed by atoms with van der Waals surface area (Å²) in [6.07, 6.45) is 5.53. The first kappa shape index (κ1) is 12.8. The number of aliphatic hydroxyl groups excluding tert-OH is 1. The average Bonchev–Trinajstić information content (AvgIpc) is 2.87. The van der Waals surface area contributed by atoms with E-state index in [-0.39, 0.29) is 0 Å². The van der Waals surface area contributed by atoms with Crippen LogP contribution in [0.15, 0.2) is 42.9 Å². The summed E-state index contributed by atoms with van der Waals surface area (Å²) in [6.45, 7) is 2.04. The molecule has 0 bridgehead atoms. The zero-order valence-corrected chi connectivity index (χ0v) is 11.6. The van der Waals surface area contributed by atoms with Crippen LogP contribution in [-0.2, 0) is 13.5 Å². The van der Waals surface area contributed by atoms with Crippen molar-refractivity contribution in [2.45, 2.75) is 19.4 Å². The van der Waals surface area contributed by atoms with Gasteiger partial charge in [-0.15, -0.1) is 0 Å². The van der Waals surface area contributed by atoms with E-state index in [4.69, 9.17) is 0 Å². The Morgan fingerprint density at radius 3 is 2.80 bits per heavy atom. The molecule has 102 valence electrons. The van der Waals surface area contributed by atoms with E-state index in [9.17, 15) is 5.11 Å². The highest BCUT2D eigenvalue weighted by molar-refractivity contribution is 5.85. The highest BCUT2D eigenvalue weighted by atomic mass is 16.3. The van der Waals surface area contributed by atoms with E-state index in [2.05, 4.69) is 10.1 Å². The molecular formula is C16H17N3O. The molecule has 3 rings (SSSR count). The van der Waals surface area contributed by atoms with Crippen molar-refractivity contribution in [3.63, 3.8) is 0 Å². The molecule has 0 aliphatic rings. The molecule has 0 saturated heterocycles. The van der Waals surface area contributed by atoms with Crippen LogP contribution in [0.5, 0.6) is 0 Å². The third kappa shape index (κ3) is 2.08. The van der Waals surface area contributed by atoms with Gasteiger partial charge in [0.1, 0.15) is 6.10 Å². The van der Waals surface area contributed by atoms with Gasteiger partial charge in [0.15, 0.2) is 0 Å². The van der Waals surface area contributed by atoms with Gasteiger partial charge in [-0.05, 0) is 11.8 Å². The molecule has 0 radical (unpaired) electrons. The maximum absolute atomic E-state index is 10.7. The van der Waals surface area contributed by atoms with E-state index in [1.54, 1.807) is 10.9 Å².